The van der Waals surface area contributed by atoms with E-state index in [0.29, 0.717) is 16.3 Å². The molecule has 0 aromatic heterocycles. The van der Waals surface area contributed by atoms with Crippen molar-refractivity contribution in [2.45, 2.75) is 13.1 Å². The van der Waals surface area contributed by atoms with Gasteiger partial charge < -0.3 is 9.64 Å². The maximum absolute atomic E-state index is 12.6. The number of rotatable bonds is 7. The van der Waals surface area contributed by atoms with Gasteiger partial charge in [-0.05, 0) is 41.5 Å². The Morgan fingerprint density at radius 3 is 1.74 bits per heavy atom. The zero-order valence-electron chi connectivity index (χ0n) is 16.9. The first kappa shape index (κ1) is 20.7. The van der Waals surface area contributed by atoms with Gasteiger partial charge in [0.15, 0.2) is 0 Å². The fourth-order valence-electron chi connectivity index (χ4n) is 3.36. The maximum atomic E-state index is 12.6. The molecule has 4 aromatic rings. The topological polar surface area (TPSA) is 29.5 Å². The van der Waals surface area contributed by atoms with E-state index in [9.17, 15) is 4.79 Å². The van der Waals surface area contributed by atoms with Gasteiger partial charge in [0.1, 0.15) is 5.75 Å². The number of hydrogen-bond acceptors (Lipinski definition) is 3. The summed E-state index contributed by atoms with van der Waals surface area (Å²) in [5.41, 5.74) is 3.67. The highest BCUT2D eigenvalue weighted by atomic mass is 35.5. The van der Waals surface area contributed by atoms with Crippen molar-refractivity contribution in [1.82, 2.24) is 0 Å². The number of hydrogen-bond donors (Lipinski definition) is 0. The Kier molecular flexibility index (Phi) is 6.65. The molecule has 0 atom stereocenters. The molecule has 0 N–H and O–H groups in total. The van der Waals surface area contributed by atoms with Crippen LogP contribution in [0.25, 0.3) is 0 Å². The molecular weight excluding hydrogens is 406 g/mol. The highest BCUT2D eigenvalue weighted by molar-refractivity contribution is 6.34. The van der Waals surface area contributed by atoms with Crippen molar-refractivity contribution in [3.8, 4) is 5.75 Å². The molecule has 0 saturated heterocycles. The molecule has 0 unspecified atom stereocenters. The first-order valence-electron chi connectivity index (χ1n) is 10.1. The van der Waals surface area contributed by atoms with Crippen molar-refractivity contribution in [3.05, 3.63) is 131 Å². The molecule has 0 aliphatic carbocycles. The minimum Gasteiger partial charge on any atom is -0.423 e. The molecule has 0 aliphatic heterocycles. The smallest absolute Gasteiger partial charge is 0.345 e. The van der Waals surface area contributed by atoms with E-state index >= 15 is 0 Å². The van der Waals surface area contributed by atoms with Gasteiger partial charge in [-0.15, -0.1) is 0 Å². The molecule has 154 valence electrons. The van der Waals surface area contributed by atoms with Crippen molar-refractivity contribution in [3.63, 3.8) is 0 Å². The summed E-state index contributed by atoms with van der Waals surface area (Å²) in [6, 6.07) is 35.0. The van der Waals surface area contributed by atoms with Crippen LogP contribution in [0.3, 0.4) is 0 Å². The van der Waals surface area contributed by atoms with Crippen LogP contribution in [0.4, 0.5) is 5.69 Å². The normalized spacial score (nSPS) is 10.5. The molecule has 0 fully saturated rings. The van der Waals surface area contributed by atoms with E-state index in [4.69, 9.17) is 16.3 Å². The van der Waals surface area contributed by atoms with Gasteiger partial charge in [0.2, 0.25) is 0 Å². The van der Waals surface area contributed by atoms with Gasteiger partial charge in [0.05, 0.1) is 10.6 Å². The lowest BCUT2D eigenvalue weighted by Gasteiger charge is -2.26. The third kappa shape index (κ3) is 5.53. The Hall–Kier alpha value is -3.56. The van der Waals surface area contributed by atoms with E-state index in [1.807, 2.05) is 66.7 Å². The van der Waals surface area contributed by atoms with Crippen LogP contribution in [0, 0.1) is 0 Å². The number of benzene rings is 4. The number of nitrogens with zero attached hydrogens (tertiary/aromatic N) is 1. The molecule has 4 aromatic carbocycles. The number of esters is 1. The average molecular weight is 428 g/mol. The first-order valence-corrected chi connectivity index (χ1v) is 10.5. The largest absolute Gasteiger partial charge is 0.423 e. The van der Waals surface area contributed by atoms with E-state index < -0.39 is 5.97 Å². The number of carbonyl (C=O) groups excluding carboxylic acids is 1. The Labute approximate surface area is 187 Å². The van der Waals surface area contributed by atoms with Crippen LogP contribution in [-0.4, -0.2) is 5.97 Å². The average Bonchev–Trinajstić information content (AvgIpc) is 2.80. The summed E-state index contributed by atoms with van der Waals surface area (Å²) in [7, 11) is 0. The SMILES string of the molecule is O=C(Oc1ccccc1)c1ccc(N(Cc2ccccc2)Cc2ccccc2)cc1Cl. The lowest BCUT2D eigenvalue weighted by molar-refractivity contribution is 0.0735. The van der Waals surface area contributed by atoms with Crippen LogP contribution < -0.4 is 9.64 Å². The van der Waals surface area contributed by atoms with Gasteiger partial charge in [0, 0.05) is 18.8 Å². The summed E-state index contributed by atoms with van der Waals surface area (Å²) < 4.78 is 5.44. The number of anilines is 1. The molecule has 3 nitrogen and oxygen atoms in total. The molecular formula is C27H22ClNO2. The van der Waals surface area contributed by atoms with Crippen LogP contribution >= 0.6 is 11.6 Å². The monoisotopic (exact) mass is 427 g/mol. The van der Waals surface area contributed by atoms with E-state index in [1.165, 1.54) is 11.1 Å². The predicted molar refractivity (Wildman–Crippen MR) is 126 cm³/mol. The lowest BCUT2D eigenvalue weighted by atomic mass is 10.1. The zero-order chi connectivity index (χ0) is 21.5. The standard InChI is InChI=1S/C27H22ClNO2/c28-26-18-23(16-17-25(26)27(30)31-24-14-8-3-9-15-24)29(19-21-10-4-1-5-11-21)20-22-12-6-2-7-13-22/h1-18H,19-20H2. The van der Waals surface area contributed by atoms with Crippen LogP contribution in [0.5, 0.6) is 5.75 Å². The van der Waals surface area contributed by atoms with E-state index in [0.717, 1.165) is 18.8 Å². The summed E-state index contributed by atoms with van der Waals surface area (Å²) in [5, 5.41) is 0.365. The Morgan fingerprint density at radius 1 is 0.710 bits per heavy atom. The molecule has 0 aliphatic rings. The second-order valence-electron chi connectivity index (χ2n) is 7.19. The number of halogens is 1. The highest BCUT2D eigenvalue weighted by Crippen LogP contribution is 2.27. The van der Waals surface area contributed by atoms with Gasteiger partial charge in [0.25, 0.3) is 0 Å². The Morgan fingerprint density at radius 2 is 1.23 bits per heavy atom. The van der Waals surface area contributed by atoms with Gasteiger partial charge in [-0.3, -0.25) is 0 Å². The molecule has 0 spiro atoms. The number of ether oxygens (including phenoxy) is 1. The fraction of sp³-hybridized carbons (Fsp3) is 0.0741. The fourth-order valence-corrected chi connectivity index (χ4v) is 3.61. The van der Waals surface area contributed by atoms with Crippen molar-refractivity contribution in [1.29, 1.82) is 0 Å². The first-order chi connectivity index (χ1) is 15.2. The van der Waals surface area contributed by atoms with Gasteiger partial charge in [-0.2, -0.15) is 0 Å². The highest BCUT2D eigenvalue weighted by Gasteiger charge is 2.16. The quantitative estimate of drug-likeness (QED) is 0.241. The third-order valence-corrected chi connectivity index (χ3v) is 5.24. The van der Waals surface area contributed by atoms with Crippen LogP contribution in [0.15, 0.2) is 109 Å². The molecule has 4 heteroatoms. The summed E-state index contributed by atoms with van der Waals surface area (Å²) in [6.07, 6.45) is 0. The predicted octanol–water partition coefficient (Wildman–Crippen LogP) is 6.77. The maximum Gasteiger partial charge on any atom is 0.345 e. The van der Waals surface area contributed by atoms with E-state index in [-0.39, 0.29) is 0 Å². The number of carbonyl (C=O) groups is 1. The van der Waals surface area contributed by atoms with Crippen LogP contribution in [0.2, 0.25) is 5.02 Å². The summed E-state index contributed by atoms with van der Waals surface area (Å²) >= 11 is 6.51. The molecule has 0 radical (unpaired) electrons. The lowest BCUT2D eigenvalue weighted by Crippen LogP contribution is -2.22. The molecule has 0 heterocycles. The summed E-state index contributed by atoms with van der Waals surface area (Å²) in [6.45, 7) is 1.44. The van der Waals surface area contributed by atoms with Crippen molar-refractivity contribution in [2.24, 2.45) is 0 Å². The van der Waals surface area contributed by atoms with Gasteiger partial charge in [-0.25, -0.2) is 4.79 Å². The second-order valence-corrected chi connectivity index (χ2v) is 7.60. The minimum atomic E-state index is -0.472. The van der Waals surface area contributed by atoms with Crippen LogP contribution in [0.1, 0.15) is 21.5 Å². The van der Waals surface area contributed by atoms with E-state index in [2.05, 4.69) is 29.2 Å². The van der Waals surface area contributed by atoms with Crippen molar-refractivity contribution in [2.75, 3.05) is 4.90 Å². The molecule has 31 heavy (non-hydrogen) atoms. The van der Waals surface area contributed by atoms with E-state index in [1.54, 1.807) is 18.2 Å². The zero-order valence-corrected chi connectivity index (χ0v) is 17.7. The minimum absolute atomic E-state index is 0.341. The molecule has 0 amide bonds. The second kappa shape index (κ2) is 9.96. The molecule has 0 bridgehead atoms. The van der Waals surface area contributed by atoms with Gasteiger partial charge in [-0.1, -0.05) is 90.5 Å². The Bertz CT molecular complexity index is 1090. The molecule has 4 rings (SSSR count). The van der Waals surface area contributed by atoms with Gasteiger partial charge >= 0.3 is 5.97 Å². The third-order valence-electron chi connectivity index (χ3n) is 4.92. The Balaban J connectivity index is 1.58. The van der Waals surface area contributed by atoms with Crippen molar-refractivity contribution < 1.29 is 9.53 Å². The van der Waals surface area contributed by atoms with Crippen LogP contribution in [-0.2, 0) is 13.1 Å². The number of para-hydroxylation sites is 1. The molecule has 0 saturated carbocycles. The van der Waals surface area contributed by atoms with Crippen molar-refractivity contribution >= 4 is 23.3 Å². The summed E-state index contributed by atoms with van der Waals surface area (Å²) in [4.78, 5) is 14.8. The summed E-state index contributed by atoms with van der Waals surface area (Å²) in [5.74, 6) is 0.0165.